The Labute approximate surface area is 389 Å². The Morgan fingerprint density at radius 3 is 0.734 bits per heavy atom. The summed E-state index contributed by atoms with van der Waals surface area (Å²) in [6.07, 6.45) is 71.5. The zero-order valence-electron chi connectivity index (χ0n) is 39.2. The molecule has 64 heavy (non-hydrogen) atoms. The molecule has 0 fully saturated rings. The number of hydrogen-bond acceptors (Lipinski definition) is 6. The van der Waals surface area contributed by atoms with Gasteiger partial charge in [-0.25, -0.2) is 0 Å². The SMILES string of the molecule is C1=CC(CNCCCN(CCCCN(CCCN(CC2C=CC=C2)CC2C=CC=C2)CCCN(CC2C=CC=C2)CC2C=CC=C2)CCCN(CC2C=CC=C2)CC2C=CC=C2)C=C1. The van der Waals surface area contributed by atoms with Crippen LogP contribution in [0.25, 0.3) is 0 Å². The van der Waals surface area contributed by atoms with Gasteiger partial charge in [-0.2, -0.15) is 0 Å². The molecule has 0 aromatic rings. The van der Waals surface area contributed by atoms with Gasteiger partial charge in [0, 0.05) is 87.2 Å². The zero-order valence-corrected chi connectivity index (χ0v) is 39.2. The molecule has 6 heteroatoms. The van der Waals surface area contributed by atoms with Crippen molar-refractivity contribution >= 4 is 0 Å². The van der Waals surface area contributed by atoms with Gasteiger partial charge in [0.2, 0.25) is 0 Å². The molecule has 7 rings (SSSR count). The Bertz CT molecular complexity index is 1550. The molecule has 0 aromatic carbocycles. The van der Waals surface area contributed by atoms with E-state index in [0.29, 0.717) is 41.4 Å². The van der Waals surface area contributed by atoms with Crippen molar-refractivity contribution in [3.63, 3.8) is 0 Å². The van der Waals surface area contributed by atoms with Crippen LogP contribution in [0.2, 0.25) is 0 Å². The van der Waals surface area contributed by atoms with Crippen molar-refractivity contribution in [2.45, 2.75) is 38.5 Å². The van der Waals surface area contributed by atoms with Crippen LogP contribution in [0.4, 0.5) is 0 Å². The maximum Gasteiger partial charge on any atom is 0.00804 e. The fraction of sp³-hybridized carbons (Fsp3) is 0.517. The van der Waals surface area contributed by atoms with Crippen LogP contribution in [0.1, 0.15) is 38.5 Å². The van der Waals surface area contributed by atoms with E-state index in [9.17, 15) is 0 Å². The first-order valence-corrected chi connectivity index (χ1v) is 25.5. The zero-order chi connectivity index (χ0) is 43.7. The van der Waals surface area contributed by atoms with E-state index in [1.165, 1.54) is 77.8 Å². The van der Waals surface area contributed by atoms with Gasteiger partial charge in [0.15, 0.2) is 0 Å². The van der Waals surface area contributed by atoms with Crippen molar-refractivity contribution in [1.29, 1.82) is 0 Å². The second-order valence-electron chi connectivity index (χ2n) is 19.3. The Balaban J connectivity index is 0.917. The smallest absolute Gasteiger partial charge is 0.00804 e. The Hall–Kier alpha value is -3.88. The van der Waals surface area contributed by atoms with E-state index >= 15 is 0 Å². The number of nitrogens with zero attached hydrogens (tertiary/aromatic N) is 5. The van der Waals surface area contributed by atoms with Gasteiger partial charge >= 0.3 is 0 Å². The molecule has 7 aliphatic rings. The average molecular weight is 863 g/mol. The molecule has 0 atom stereocenters. The molecule has 7 aliphatic carbocycles. The highest BCUT2D eigenvalue weighted by Crippen LogP contribution is 2.20. The molecule has 0 unspecified atom stereocenters. The minimum Gasteiger partial charge on any atom is -0.316 e. The summed E-state index contributed by atoms with van der Waals surface area (Å²) in [5, 5.41) is 3.75. The first-order chi connectivity index (χ1) is 31.7. The summed E-state index contributed by atoms with van der Waals surface area (Å²) in [5.74, 6) is 3.80. The second-order valence-corrected chi connectivity index (χ2v) is 19.3. The topological polar surface area (TPSA) is 28.2 Å². The predicted molar refractivity (Wildman–Crippen MR) is 275 cm³/mol. The summed E-state index contributed by atoms with van der Waals surface area (Å²) in [4.78, 5) is 13.8. The number of nitrogens with one attached hydrogen (secondary N) is 1. The van der Waals surface area contributed by atoms with Crippen molar-refractivity contribution in [2.75, 3.05) is 111 Å². The van der Waals surface area contributed by atoms with Crippen LogP contribution in [0.5, 0.6) is 0 Å². The van der Waals surface area contributed by atoms with E-state index in [-0.39, 0.29) is 0 Å². The third-order valence-corrected chi connectivity index (χ3v) is 13.9. The van der Waals surface area contributed by atoms with E-state index in [4.69, 9.17) is 0 Å². The number of rotatable bonds is 35. The van der Waals surface area contributed by atoms with Crippen LogP contribution >= 0.6 is 0 Å². The first kappa shape index (κ1) is 48.1. The summed E-state index contributed by atoms with van der Waals surface area (Å²) in [7, 11) is 0. The summed E-state index contributed by atoms with van der Waals surface area (Å²) >= 11 is 0. The first-order valence-electron chi connectivity index (χ1n) is 25.5. The molecule has 0 amide bonds. The van der Waals surface area contributed by atoms with Gasteiger partial charge in [-0.1, -0.05) is 170 Å². The van der Waals surface area contributed by atoms with E-state index < -0.39 is 0 Å². The molecule has 0 spiro atoms. The molecule has 0 saturated carbocycles. The lowest BCUT2D eigenvalue weighted by molar-refractivity contribution is 0.189. The van der Waals surface area contributed by atoms with Gasteiger partial charge < -0.3 is 29.8 Å². The highest BCUT2D eigenvalue weighted by Gasteiger charge is 2.20. The van der Waals surface area contributed by atoms with Crippen molar-refractivity contribution < 1.29 is 0 Å². The van der Waals surface area contributed by atoms with Gasteiger partial charge in [-0.3, -0.25) is 0 Å². The highest BCUT2D eigenvalue weighted by molar-refractivity contribution is 5.22. The third-order valence-electron chi connectivity index (χ3n) is 13.9. The predicted octanol–water partition coefficient (Wildman–Crippen LogP) is 9.62. The maximum atomic E-state index is 3.75. The number of unbranched alkanes of at least 4 members (excludes halogenated alkanes) is 1. The Kier molecular flexibility index (Phi) is 21.2. The largest absolute Gasteiger partial charge is 0.316 e. The molecule has 0 saturated heterocycles. The Morgan fingerprint density at radius 1 is 0.234 bits per heavy atom. The molecule has 0 heterocycles. The van der Waals surface area contributed by atoms with Gasteiger partial charge in [0.05, 0.1) is 0 Å². The monoisotopic (exact) mass is 863 g/mol. The van der Waals surface area contributed by atoms with Crippen LogP contribution in [0.15, 0.2) is 170 Å². The maximum absolute atomic E-state index is 3.75. The van der Waals surface area contributed by atoms with Crippen LogP contribution in [-0.2, 0) is 0 Å². The quantitative estimate of drug-likeness (QED) is 0.0639. The number of allylic oxidation sites excluding steroid dienone is 14. The standard InChI is InChI=1S/C58H82N6/c1-2-22-52(21-1)45-59-35-17-38-60(39-18-42-62(46-53-23-3-4-24-53)47-54-25-5-6-26-54)36-15-16-37-61(40-19-43-63(48-55-27-7-8-28-55)49-56-29-9-10-30-56)41-20-44-64(50-57-31-11-12-32-57)51-58-33-13-14-34-58/h1-14,21-34,52-59H,15-20,35-51H2. The lowest BCUT2D eigenvalue weighted by atomic mass is 10.1. The van der Waals surface area contributed by atoms with Gasteiger partial charge in [0.25, 0.3) is 0 Å². The number of hydrogen-bond donors (Lipinski definition) is 1. The molecule has 0 bridgehead atoms. The van der Waals surface area contributed by atoms with E-state index in [1.807, 2.05) is 0 Å². The van der Waals surface area contributed by atoms with Crippen molar-refractivity contribution in [3.05, 3.63) is 170 Å². The van der Waals surface area contributed by atoms with Crippen molar-refractivity contribution in [1.82, 2.24) is 29.8 Å². The van der Waals surface area contributed by atoms with E-state index in [1.54, 1.807) is 0 Å². The molecule has 1 N–H and O–H groups in total. The highest BCUT2D eigenvalue weighted by atomic mass is 15.2. The molecule has 6 nitrogen and oxygen atoms in total. The molecule has 0 radical (unpaired) electrons. The van der Waals surface area contributed by atoms with Gasteiger partial charge in [-0.05, 0) is 104 Å². The van der Waals surface area contributed by atoms with Crippen molar-refractivity contribution in [2.24, 2.45) is 41.4 Å². The minimum absolute atomic E-state index is 0.539. The lowest BCUT2D eigenvalue weighted by Crippen LogP contribution is -2.37. The van der Waals surface area contributed by atoms with Crippen LogP contribution in [0.3, 0.4) is 0 Å². The van der Waals surface area contributed by atoms with E-state index in [2.05, 4.69) is 200 Å². The van der Waals surface area contributed by atoms with Crippen LogP contribution in [-0.4, -0.2) is 136 Å². The Morgan fingerprint density at radius 2 is 0.453 bits per heavy atom. The summed E-state index contributed by atoms with van der Waals surface area (Å²) in [6.45, 7) is 19.4. The second kappa shape index (κ2) is 28.2. The minimum atomic E-state index is 0.539. The molecule has 0 aromatic heterocycles. The summed E-state index contributed by atoms with van der Waals surface area (Å²) in [5.41, 5.74) is 0. The van der Waals surface area contributed by atoms with Gasteiger partial charge in [-0.15, -0.1) is 0 Å². The fourth-order valence-corrected chi connectivity index (χ4v) is 10.4. The van der Waals surface area contributed by atoms with E-state index in [0.717, 1.165) is 72.0 Å². The average Bonchev–Trinajstić information content (AvgIpc) is 4.13. The van der Waals surface area contributed by atoms with Crippen LogP contribution < -0.4 is 5.32 Å². The molecular formula is C58H82N6. The normalized spacial score (nSPS) is 19.5. The lowest BCUT2D eigenvalue weighted by Gasteiger charge is -2.30. The summed E-state index contributed by atoms with van der Waals surface area (Å²) in [6, 6.07) is 0. The molecule has 0 aliphatic heterocycles. The molecular weight excluding hydrogens is 781 g/mol. The molecule has 344 valence electrons. The third kappa shape index (κ3) is 18.2. The van der Waals surface area contributed by atoms with Crippen LogP contribution in [0, 0.1) is 41.4 Å². The van der Waals surface area contributed by atoms with Crippen molar-refractivity contribution in [3.8, 4) is 0 Å². The summed E-state index contributed by atoms with van der Waals surface area (Å²) < 4.78 is 0. The fourth-order valence-electron chi connectivity index (χ4n) is 10.4. The van der Waals surface area contributed by atoms with Gasteiger partial charge in [0.1, 0.15) is 0 Å².